The number of rotatable bonds is 6. The Morgan fingerprint density at radius 1 is 1.43 bits per heavy atom. The molecule has 8 nitrogen and oxygen atoms in total. The number of aryl methyl sites for hydroxylation is 1. The lowest BCUT2D eigenvalue weighted by atomic mass is 10.4. The van der Waals surface area contributed by atoms with Gasteiger partial charge in [-0.25, -0.2) is 13.2 Å². The van der Waals surface area contributed by atoms with E-state index in [1.54, 1.807) is 13.8 Å². The normalized spacial score (nSPS) is 11.9. The van der Waals surface area contributed by atoms with Gasteiger partial charge in [0, 0.05) is 12.1 Å². The van der Waals surface area contributed by atoms with Gasteiger partial charge in [0.05, 0.1) is 7.11 Å². The quantitative estimate of drug-likeness (QED) is 0.773. The summed E-state index contributed by atoms with van der Waals surface area (Å²) in [5.41, 5.74) is 0. The molecular formula is C12H17NO7S. The van der Waals surface area contributed by atoms with Crippen LogP contribution in [0.15, 0.2) is 15.4 Å². The molecule has 0 saturated heterocycles. The summed E-state index contributed by atoms with van der Waals surface area (Å²) in [5.74, 6) is -2.35. The molecule has 0 aliphatic heterocycles. The lowest BCUT2D eigenvalue weighted by molar-refractivity contribution is -0.137. The highest BCUT2D eigenvalue weighted by Gasteiger charge is 2.33. The Balaban J connectivity index is 3.31. The van der Waals surface area contributed by atoms with Gasteiger partial charge in [0.15, 0.2) is 0 Å². The fourth-order valence-corrected chi connectivity index (χ4v) is 3.48. The van der Waals surface area contributed by atoms with Crippen molar-refractivity contribution < 1.29 is 32.3 Å². The van der Waals surface area contributed by atoms with Crippen LogP contribution >= 0.6 is 0 Å². The van der Waals surface area contributed by atoms with Crippen LogP contribution in [0.1, 0.15) is 30.2 Å². The van der Waals surface area contributed by atoms with Crippen molar-refractivity contribution >= 4 is 22.0 Å². The number of aliphatic carboxylic acids is 1. The number of nitrogens with zero attached hydrogens (tertiary/aromatic N) is 1. The molecule has 1 N–H and O–H groups in total. The molecule has 9 heteroatoms. The highest BCUT2D eigenvalue weighted by atomic mass is 32.2. The Kier molecular flexibility index (Phi) is 5.13. The molecule has 0 aromatic carbocycles. The number of hydrogen-bond acceptors (Lipinski definition) is 6. The zero-order valence-corrected chi connectivity index (χ0v) is 12.9. The molecule has 0 bridgehead atoms. The van der Waals surface area contributed by atoms with E-state index in [-0.39, 0.29) is 16.4 Å². The third kappa shape index (κ3) is 3.61. The maximum absolute atomic E-state index is 12.5. The molecule has 118 valence electrons. The Labute approximate surface area is 122 Å². The van der Waals surface area contributed by atoms with Gasteiger partial charge in [-0.3, -0.25) is 4.79 Å². The van der Waals surface area contributed by atoms with E-state index < -0.39 is 34.5 Å². The Bertz CT molecular complexity index is 645. The molecule has 0 amide bonds. The van der Waals surface area contributed by atoms with E-state index in [0.717, 1.165) is 17.5 Å². The Morgan fingerprint density at radius 2 is 2.00 bits per heavy atom. The van der Waals surface area contributed by atoms with Gasteiger partial charge in [-0.1, -0.05) is 0 Å². The largest absolute Gasteiger partial charge is 0.480 e. The van der Waals surface area contributed by atoms with Gasteiger partial charge in [-0.15, -0.1) is 0 Å². The summed E-state index contributed by atoms with van der Waals surface area (Å²) in [6.07, 6.45) is 0. The van der Waals surface area contributed by atoms with E-state index in [0.29, 0.717) is 0 Å². The summed E-state index contributed by atoms with van der Waals surface area (Å²) in [7, 11) is -2.96. The number of furan rings is 1. The summed E-state index contributed by atoms with van der Waals surface area (Å²) in [6.45, 7) is 3.80. The number of sulfonamides is 1. The Hall–Kier alpha value is -1.87. The first kappa shape index (κ1) is 17.2. The van der Waals surface area contributed by atoms with Crippen LogP contribution in [0.5, 0.6) is 0 Å². The van der Waals surface area contributed by atoms with Gasteiger partial charge in [0.25, 0.3) is 0 Å². The van der Waals surface area contributed by atoms with Crippen molar-refractivity contribution in [1.82, 2.24) is 4.31 Å². The second-order valence-electron chi connectivity index (χ2n) is 4.56. The summed E-state index contributed by atoms with van der Waals surface area (Å²) in [5, 5.41) is 8.84. The minimum Gasteiger partial charge on any atom is -0.480 e. The fraction of sp³-hybridized carbons (Fsp3) is 0.500. The van der Waals surface area contributed by atoms with E-state index in [1.807, 2.05) is 0 Å². The molecule has 1 aromatic heterocycles. The van der Waals surface area contributed by atoms with Gasteiger partial charge in [-0.2, -0.15) is 4.31 Å². The molecule has 0 unspecified atom stereocenters. The zero-order valence-electron chi connectivity index (χ0n) is 12.1. The number of carboxylic acids is 1. The van der Waals surface area contributed by atoms with Crippen molar-refractivity contribution in [2.45, 2.75) is 31.7 Å². The summed E-state index contributed by atoms with van der Waals surface area (Å²) >= 11 is 0. The smallest absolute Gasteiger partial charge is 0.373 e. The van der Waals surface area contributed by atoms with Crippen LogP contribution in [-0.2, 0) is 19.6 Å². The third-order valence-corrected chi connectivity index (χ3v) is 4.84. The molecule has 0 atom stereocenters. The van der Waals surface area contributed by atoms with E-state index in [9.17, 15) is 18.0 Å². The average Bonchev–Trinajstić information content (AvgIpc) is 2.77. The van der Waals surface area contributed by atoms with Crippen LogP contribution in [0.2, 0.25) is 0 Å². The van der Waals surface area contributed by atoms with Crippen LogP contribution in [0.3, 0.4) is 0 Å². The van der Waals surface area contributed by atoms with E-state index >= 15 is 0 Å². The summed E-state index contributed by atoms with van der Waals surface area (Å²) < 4.78 is 35.3. The molecule has 1 heterocycles. The van der Waals surface area contributed by atoms with Gasteiger partial charge >= 0.3 is 11.9 Å². The minimum atomic E-state index is -4.10. The van der Waals surface area contributed by atoms with Crippen molar-refractivity contribution in [2.24, 2.45) is 0 Å². The predicted molar refractivity (Wildman–Crippen MR) is 71.4 cm³/mol. The van der Waals surface area contributed by atoms with Gasteiger partial charge in [-0.05, 0) is 20.8 Å². The van der Waals surface area contributed by atoms with E-state index in [1.165, 1.54) is 6.92 Å². The van der Waals surface area contributed by atoms with Gasteiger partial charge in [0.2, 0.25) is 15.8 Å². The lowest BCUT2D eigenvalue weighted by Crippen LogP contribution is -2.40. The van der Waals surface area contributed by atoms with E-state index in [2.05, 4.69) is 4.74 Å². The number of esters is 1. The van der Waals surface area contributed by atoms with Gasteiger partial charge in [0.1, 0.15) is 17.2 Å². The van der Waals surface area contributed by atoms with Crippen LogP contribution in [0.25, 0.3) is 0 Å². The van der Waals surface area contributed by atoms with Crippen LogP contribution in [0.4, 0.5) is 0 Å². The molecule has 0 spiro atoms. The highest BCUT2D eigenvalue weighted by Crippen LogP contribution is 2.25. The fourth-order valence-electron chi connectivity index (χ4n) is 1.73. The molecule has 0 fully saturated rings. The van der Waals surface area contributed by atoms with Gasteiger partial charge < -0.3 is 14.3 Å². The first-order valence-corrected chi connectivity index (χ1v) is 7.47. The predicted octanol–water partition coefficient (Wildman–Crippen LogP) is 0.858. The minimum absolute atomic E-state index is 0.00793. The molecule has 0 radical (unpaired) electrons. The van der Waals surface area contributed by atoms with E-state index in [4.69, 9.17) is 9.52 Å². The number of carbonyl (C=O) groups is 2. The number of carbonyl (C=O) groups excluding carboxylic acids is 1. The molecule has 0 aliphatic rings. The number of methoxy groups -OCH3 is 1. The van der Waals surface area contributed by atoms with Crippen LogP contribution < -0.4 is 0 Å². The molecular weight excluding hydrogens is 302 g/mol. The number of ether oxygens (including phenoxy) is 1. The molecule has 21 heavy (non-hydrogen) atoms. The SMILES string of the molecule is COC(=O)c1cc(S(=O)(=O)N(CC(=O)O)C(C)C)c(C)o1. The topological polar surface area (TPSA) is 114 Å². The second kappa shape index (κ2) is 6.27. The third-order valence-electron chi connectivity index (χ3n) is 2.71. The standard InChI is InChI=1S/C12H17NO7S/c1-7(2)13(6-11(14)15)21(17,18)10-5-9(12(16)19-4)20-8(10)3/h5,7H,6H2,1-4H3,(H,14,15). The first-order valence-electron chi connectivity index (χ1n) is 6.03. The molecule has 1 rings (SSSR count). The lowest BCUT2D eigenvalue weighted by Gasteiger charge is -2.23. The maximum atomic E-state index is 12.5. The van der Waals surface area contributed by atoms with Crippen molar-refractivity contribution in [1.29, 1.82) is 0 Å². The molecule has 1 aromatic rings. The monoisotopic (exact) mass is 319 g/mol. The maximum Gasteiger partial charge on any atom is 0.373 e. The highest BCUT2D eigenvalue weighted by molar-refractivity contribution is 7.89. The van der Waals surface area contributed by atoms with Crippen LogP contribution in [0, 0.1) is 6.92 Å². The number of hydrogen-bond donors (Lipinski definition) is 1. The number of carboxylic acid groups (broad SMARTS) is 1. The molecule has 0 aliphatic carbocycles. The van der Waals surface area contributed by atoms with Crippen molar-refractivity contribution in [3.8, 4) is 0 Å². The zero-order chi connectivity index (χ0) is 16.4. The average molecular weight is 319 g/mol. The van der Waals surface area contributed by atoms with Crippen LogP contribution in [-0.4, -0.2) is 49.5 Å². The first-order chi connectivity index (χ1) is 9.61. The van der Waals surface area contributed by atoms with Crippen molar-refractivity contribution in [3.05, 3.63) is 17.6 Å². The second-order valence-corrected chi connectivity index (χ2v) is 6.42. The summed E-state index contributed by atoms with van der Waals surface area (Å²) in [6, 6.07) is 0.468. The summed E-state index contributed by atoms with van der Waals surface area (Å²) in [4.78, 5) is 22.0. The van der Waals surface area contributed by atoms with Crippen molar-refractivity contribution in [3.63, 3.8) is 0 Å². The Morgan fingerprint density at radius 3 is 2.43 bits per heavy atom. The van der Waals surface area contributed by atoms with Crippen molar-refractivity contribution in [2.75, 3.05) is 13.7 Å². The molecule has 0 saturated carbocycles.